The van der Waals surface area contributed by atoms with E-state index in [1.165, 1.54) is 25.9 Å². The molecule has 6 heteroatoms. The van der Waals surface area contributed by atoms with Gasteiger partial charge in [-0.25, -0.2) is 14.8 Å². The van der Waals surface area contributed by atoms with Crippen LogP contribution >= 0.6 is 0 Å². The average molecular weight is 251 g/mol. The third-order valence-electron chi connectivity index (χ3n) is 2.87. The van der Waals surface area contributed by atoms with Gasteiger partial charge in [-0.2, -0.15) is 0 Å². The molecular weight excluding hydrogens is 234 g/mol. The molecule has 98 valence electrons. The minimum Gasteiger partial charge on any atom is -0.464 e. The van der Waals surface area contributed by atoms with E-state index >= 15 is 0 Å². The van der Waals surface area contributed by atoms with Crippen molar-refractivity contribution in [2.45, 2.75) is 12.8 Å². The molecule has 0 aliphatic carbocycles. The maximum absolute atomic E-state index is 11.2. The van der Waals surface area contributed by atoms with Crippen LogP contribution in [0.2, 0.25) is 0 Å². The first-order chi connectivity index (χ1) is 8.79. The number of nitrogens with zero attached hydrogens (tertiary/aromatic N) is 2. The minimum absolute atomic E-state index is 0.212. The SMILES string of the molecule is COC(=O)c1cnc(NCC2CCCOC2)cn1. The molecule has 0 aromatic carbocycles. The van der Waals surface area contributed by atoms with Gasteiger partial charge in [0, 0.05) is 13.2 Å². The predicted octanol–water partition coefficient (Wildman–Crippen LogP) is 1.10. The summed E-state index contributed by atoms with van der Waals surface area (Å²) in [4.78, 5) is 19.3. The predicted molar refractivity (Wildman–Crippen MR) is 65.4 cm³/mol. The van der Waals surface area contributed by atoms with Crippen LogP contribution in [0.3, 0.4) is 0 Å². The summed E-state index contributed by atoms with van der Waals surface area (Å²) in [5.41, 5.74) is 0.212. The van der Waals surface area contributed by atoms with Crippen LogP contribution in [0.25, 0.3) is 0 Å². The molecule has 0 bridgehead atoms. The first-order valence-corrected chi connectivity index (χ1v) is 6.01. The largest absolute Gasteiger partial charge is 0.464 e. The highest BCUT2D eigenvalue weighted by Crippen LogP contribution is 2.14. The van der Waals surface area contributed by atoms with Crippen LogP contribution in [0, 0.1) is 5.92 Å². The van der Waals surface area contributed by atoms with E-state index in [0.29, 0.717) is 11.7 Å². The number of anilines is 1. The summed E-state index contributed by atoms with van der Waals surface area (Å²) < 4.78 is 9.95. The molecule has 6 nitrogen and oxygen atoms in total. The summed E-state index contributed by atoms with van der Waals surface area (Å²) in [7, 11) is 1.32. The van der Waals surface area contributed by atoms with Crippen LogP contribution in [-0.4, -0.2) is 42.8 Å². The van der Waals surface area contributed by atoms with Gasteiger partial charge in [-0.3, -0.25) is 0 Å². The van der Waals surface area contributed by atoms with Crippen LogP contribution in [0.4, 0.5) is 5.82 Å². The lowest BCUT2D eigenvalue weighted by molar-refractivity contribution is 0.0593. The summed E-state index contributed by atoms with van der Waals surface area (Å²) in [6.07, 6.45) is 5.22. The first-order valence-electron chi connectivity index (χ1n) is 6.01. The van der Waals surface area contributed by atoms with Crippen LogP contribution in [-0.2, 0) is 9.47 Å². The fourth-order valence-corrected chi connectivity index (χ4v) is 1.85. The summed E-state index contributed by atoms with van der Waals surface area (Å²) >= 11 is 0. The van der Waals surface area contributed by atoms with Crippen molar-refractivity contribution in [3.63, 3.8) is 0 Å². The van der Waals surface area contributed by atoms with E-state index in [4.69, 9.17) is 4.74 Å². The molecule has 1 aromatic rings. The van der Waals surface area contributed by atoms with Gasteiger partial charge in [0.15, 0.2) is 5.69 Å². The van der Waals surface area contributed by atoms with Crippen molar-refractivity contribution in [2.24, 2.45) is 5.92 Å². The van der Waals surface area contributed by atoms with Crippen LogP contribution in [0.15, 0.2) is 12.4 Å². The van der Waals surface area contributed by atoms with Crippen LogP contribution in [0.5, 0.6) is 0 Å². The number of nitrogens with one attached hydrogen (secondary N) is 1. The summed E-state index contributed by atoms with van der Waals surface area (Å²) in [5, 5.41) is 3.19. The van der Waals surface area contributed by atoms with Gasteiger partial charge >= 0.3 is 5.97 Å². The number of methoxy groups -OCH3 is 1. The fourth-order valence-electron chi connectivity index (χ4n) is 1.85. The zero-order chi connectivity index (χ0) is 12.8. The van der Waals surface area contributed by atoms with E-state index in [1.807, 2.05) is 0 Å². The summed E-state index contributed by atoms with van der Waals surface area (Å²) in [5.74, 6) is 0.698. The van der Waals surface area contributed by atoms with E-state index in [9.17, 15) is 4.79 Å². The van der Waals surface area contributed by atoms with Crippen molar-refractivity contribution in [2.75, 3.05) is 32.2 Å². The Morgan fingerprint density at radius 1 is 1.56 bits per heavy atom. The maximum Gasteiger partial charge on any atom is 0.358 e. The second-order valence-electron chi connectivity index (χ2n) is 4.24. The lowest BCUT2D eigenvalue weighted by atomic mass is 10.0. The third-order valence-corrected chi connectivity index (χ3v) is 2.87. The Labute approximate surface area is 106 Å². The molecule has 18 heavy (non-hydrogen) atoms. The highest BCUT2D eigenvalue weighted by Gasteiger charge is 2.14. The molecule has 1 atom stereocenters. The monoisotopic (exact) mass is 251 g/mol. The van der Waals surface area contributed by atoms with Crippen molar-refractivity contribution in [3.8, 4) is 0 Å². The standard InChI is InChI=1S/C12H17N3O3/c1-17-12(16)10-6-15-11(7-13-10)14-5-9-3-2-4-18-8-9/h6-7,9H,2-5,8H2,1H3,(H,14,15). The molecule has 1 aliphatic rings. The van der Waals surface area contributed by atoms with E-state index in [2.05, 4.69) is 20.0 Å². The third kappa shape index (κ3) is 3.40. The zero-order valence-electron chi connectivity index (χ0n) is 10.4. The zero-order valence-corrected chi connectivity index (χ0v) is 10.4. The van der Waals surface area contributed by atoms with Crippen molar-refractivity contribution < 1.29 is 14.3 Å². The second kappa shape index (κ2) is 6.30. The van der Waals surface area contributed by atoms with Gasteiger partial charge in [0.25, 0.3) is 0 Å². The van der Waals surface area contributed by atoms with Gasteiger partial charge in [-0.15, -0.1) is 0 Å². The Morgan fingerprint density at radius 2 is 2.44 bits per heavy atom. The molecule has 1 fully saturated rings. The van der Waals surface area contributed by atoms with E-state index in [-0.39, 0.29) is 5.69 Å². The molecule has 0 amide bonds. The van der Waals surface area contributed by atoms with Crippen LogP contribution in [0.1, 0.15) is 23.3 Å². The first kappa shape index (κ1) is 12.8. The molecule has 0 saturated carbocycles. The number of carbonyl (C=O) groups excluding carboxylic acids is 1. The van der Waals surface area contributed by atoms with E-state index < -0.39 is 5.97 Å². The molecule has 1 unspecified atom stereocenters. The molecule has 1 aliphatic heterocycles. The highest BCUT2D eigenvalue weighted by molar-refractivity contribution is 5.86. The number of ether oxygens (including phenoxy) is 2. The van der Waals surface area contributed by atoms with Crippen molar-refractivity contribution in [1.82, 2.24) is 9.97 Å². The molecule has 0 spiro atoms. The molecule has 2 rings (SSSR count). The number of esters is 1. The Hall–Kier alpha value is -1.69. The normalized spacial score (nSPS) is 19.3. The Kier molecular flexibility index (Phi) is 4.46. The molecule has 2 heterocycles. The summed E-state index contributed by atoms with van der Waals surface area (Å²) in [6, 6.07) is 0. The van der Waals surface area contributed by atoms with Crippen molar-refractivity contribution in [3.05, 3.63) is 18.1 Å². The highest BCUT2D eigenvalue weighted by atomic mass is 16.5. The fraction of sp³-hybridized carbons (Fsp3) is 0.583. The second-order valence-corrected chi connectivity index (χ2v) is 4.24. The minimum atomic E-state index is -0.477. The Morgan fingerprint density at radius 3 is 3.06 bits per heavy atom. The lowest BCUT2D eigenvalue weighted by Crippen LogP contribution is -2.24. The van der Waals surface area contributed by atoms with E-state index in [1.54, 1.807) is 0 Å². The number of hydrogen-bond acceptors (Lipinski definition) is 6. The van der Waals surface area contributed by atoms with Gasteiger partial charge in [0.05, 0.1) is 26.1 Å². The Balaban J connectivity index is 1.84. The Bertz CT molecular complexity index is 388. The molecule has 0 radical (unpaired) electrons. The van der Waals surface area contributed by atoms with Gasteiger partial charge in [-0.1, -0.05) is 0 Å². The number of hydrogen-bond donors (Lipinski definition) is 1. The smallest absolute Gasteiger partial charge is 0.358 e. The average Bonchev–Trinajstić information content (AvgIpc) is 2.46. The molecule has 1 N–H and O–H groups in total. The maximum atomic E-state index is 11.2. The van der Waals surface area contributed by atoms with Crippen LogP contribution < -0.4 is 5.32 Å². The van der Waals surface area contributed by atoms with Crippen molar-refractivity contribution in [1.29, 1.82) is 0 Å². The number of aromatic nitrogens is 2. The van der Waals surface area contributed by atoms with Gasteiger partial charge in [-0.05, 0) is 18.8 Å². The molecule has 1 aromatic heterocycles. The molecule has 1 saturated heterocycles. The summed E-state index contributed by atoms with van der Waals surface area (Å²) in [6.45, 7) is 2.47. The topological polar surface area (TPSA) is 73.3 Å². The lowest BCUT2D eigenvalue weighted by Gasteiger charge is -2.22. The molecular formula is C12H17N3O3. The van der Waals surface area contributed by atoms with E-state index in [0.717, 1.165) is 26.2 Å². The van der Waals surface area contributed by atoms with Gasteiger partial charge in [0.2, 0.25) is 0 Å². The number of rotatable bonds is 4. The van der Waals surface area contributed by atoms with Gasteiger partial charge in [0.1, 0.15) is 5.82 Å². The van der Waals surface area contributed by atoms with Gasteiger partial charge < -0.3 is 14.8 Å². The quantitative estimate of drug-likeness (QED) is 0.808. The number of carbonyl (C=O) groups is 1. The van der Waals surface area contributed by atoms with Crippen molar-refractivity contribution >= 4 is 11.8 Å².